The molecule has 1 fully saturated rings. The van der Waals surface area contributed by atoms with Gasteiger partial charge in [0.25, 0.3) is 0 Å². The minimum atomic E-state index is -1.10. The molecule has 0 saturated carbocycles. The summed E-state index contributed by atoms with van der Waals surface area (Å²) in [5.41, 5.74) is 1.06. The van der Waals surface area contributed by atoms with E-state index < -0.39 is 5.97 Å². The molecule has 3 aromatic rings. The monoisotopic (exact) mass is 518 g/mol. The van der Waals surface area contributed by atoms with Gasteiger partial charge in [0.2, 0.25) is 5.91 Å². The Morgan fingerprint density at radius 2 is 1.58 bits per heavy atom. The lowest BCUT2D eigenvalue weighted by atomic mass is 10.0. The number of nitrogens with one attached hydrogen (secondary N) is 1. The first-order valence-corrected chi connectivity index (χ1v) is 12.4. The van der Waals surface area contributed by atoms with E-state index in [1.54, 1.807) is 59.5 Å². The smallest absolute Gasteiger partial charge is 0.409 e. The molecule has 2 N–H and O–H groups in total. The molecular formula is C29H30N2O7. The van der Waals surface area contributed by atoms with Crippen molar-refractivity contribution < 1.29 is 33.7 Å². The number of likely N-dealkylation sites (tertiary alicyclic amines) is 1. The molecular weight excluding hydrogens is 488 g/mol. The Kier molecular flexibility index (Phi) is 8.81. The van der Waals surface area contributed by atoms with Crippen molar-refractivity contribution in [2.24, 2.45) is 0 Å². The summed E-state index contributed by atoms with van der Waals surface area (Å²) in [5, 5.41) is 11.9. The normalized spacial score (nSPS) is 14.9. The number of amides is 2. The van der Waals surface area contributed by atoms with Crippen LogP contribution in [0.15, 0.2) is 72.8 Å². The van der Waals surface area contributed by atoms with E-state index in [0.29, 0.717) is 30.4 Å². The van der Waals surface area contributed by atoms with Crippen LogP contribution in [0.1, 0.15) is 35.2 Å². The average molecular weight is 519 g/mol. The zero-order chi connectivity index (χ0) is 26.9. The lowest BCUT2D eigenvalue weighted by Crippen LogP contribution is -2.46. The Bertz CT molecular complexity index is 1260. The molecule has 9 nitrogen and oxygen atoms in total. The van der Waals surface area contributed by atoms with E-state index >= 15 is 0 Å². The number of carboxylic acids is 1. The number of piperidine rings is 1. The van der Waals surface area contributed by atoms with Crippen LogP contribution in [0, 0.1) is 0 Å². The highest BCUT2D eigenvalue weighted by atomic mass is 16.5. The fourth-order valence-electron chi connectivity index (χ4n) is 4.30. The standard InChI is InChI=1S/C29H30N2O7/c1-36-29(35)31-17-5-4-6-21(31)19-37-22-13-15-24(16-14-22)38-23-11-9-20(10-12-23)18-27(32)30-26-8-3-2-7-25(26)28(33)34/h2-3,7-16,21H,4-6,17-19H2,1H3,(H,30,32)(H,33,34). The second kappa shape index (κ2) is 12.6. The largest absolute Gasteiger partial charge is 0.491 e. The van der Waals surface area contributed by atoms with E-state index in [1.165, 1.54) is 13.2 Å². The Balaban J connectivity index is 1.27. The molecule has 0 radical (unpaired) electrons. The molecule has 1 atom stereocenters. The summed E-state index contributed by atoms with van der Waals surface area (Å²) in [7, 11) is 1.39. The van der Waals surface area contributed by atoms with Gasteiger partial charge in [-0.25, -0.2) is 9.59 Å². The highest BCUT2D eigenvalue weighted by molar-refractivity contribution is 6.01. The molecule has 3 aromatic carbocycles. The first kappa shape index (κ1) is 26.5. The summed E-state index contributed by atoms with van der Waals surface area (Å²) in [6.07, 6.45) is 2.67. The van der Waals surface area contributed by atoms with Crippen molar-refractivity contribution in [2.45, 2.75) is 31.7 Å². The van der Waals surface area contributed by atoms with Crippen LogP contribution in [0.3, 0.4) is 0 Å². The SMILES string of the molecule is COC(=O)N1CCCCC1COc1ccc(Oc2ccc(CC(=O)Nc3ccccc3C(=O)O)cc2)cc1. The lowest BCUT2D eigenvalue weighted by molar-refractivity contribution is -0.115. The summed E-state index contributed by atoms with van der Waals surface area (Å²) in [6.45, 7) is 1.07. The quantitative estimate of drug-likeness (QED) is 0.392. The summed E-state index contributed by atoms with van der Waals surface area (Å²) < 4.78 is 16.7. The number of nitrogens with zero attached hydrogens (tertiary/aromatic N) is 1. The van der Waals surface area contributed by atoms with Crippen molar-refractivity contribution in [3.63, 3.8) is 0 Å². The fourth-order valence-corrected chi connectivity index (χ4v) is 4.30. The van der Waals surface area contributed by atoms with Gasteiger partial charge in [0.15, 0.2) is 0 Å². The summed E-state index contributed by atoms with van der Waals surface area (Å²) in [5.74, 6) is 0.498. The van der Waals surface area contributed by atoms with E-state index in [9.17, 15) is 19.5 Å². The Morgan fingerprint density at radius 1 is 0.921 bits per heavy atom. The van der Waals surface area contributed by atoms with Gasteiger partial charge in [-0.1, -0.05) is 24.3 Å². The lowest BCUT2D eigenvalue weighted by Gasteiger charge is -2.34. The van der Waals surface area contributed by atoms with Crippen LogP contribution in [-0.4, -0.2) is 54.3 Å². The van der Waals surface area contributed by atoms with Gasteiger partial charge in [-0.05, 0) is 73.4 Å². The van der Waals surface area contributed by atoms with E-state index in [0.717, 1.165) is 24.8 Å². The van der Waals surface area contributed by atoms with Gasteiger partial charge >= 0.3 is 12.1 Å². The van der Waals surface area contributed by atoms with E-state index in [2.05, 4.69) is 5.32 Å². The first-order chi connectivity index (χ1) is 18.4. The Hall–Kier alpha value is -4.53. The molecule has 1 saturated heterocycles. The van der Waals surface area contributed by atoms with E-state index in [4.69, 9.17) is 14.2 Å². The summed E-state index contributed by atoms with van der Waals surface area (Å²) >= 11 is 0. The number of para-hydroxylation sites is 1. The van der Waals surface area contributed by atoms with Crippen LogP contribution in [0.2, 0.25) is 0 Å². The molecule has 0 bridgehead atoms. The highest BCUT2D eigenvalue weighted by Crippen LogP contribution is 2.26. The van der Waals surface area contributed by atoms with Crippen molar-refractivity contribution in [1.82, 2.24) is 4.90 Å². The predicted octanol–water partition coefficient (Wildman–Crippen LogP) is 5.36. The van der Waals surface area contributed by atoms with Crippen molar-refractivity contribution in [3.8, 4) is 17.2 Å². The number of ether oxygens (including phenoxy) is 3. The maximum absolute atomic E-state index is 12.4. The third kappa shape index (κ3) is 7.03. The number of methoxy groups -OCH3 is 1. The van der Waals surface area contributed by atoms with E-state index in [1.807, 2.05) is 12.1 Å². The van der Waals surface area contributed by atoms with Gasteiger partial charge in [-0.3, -0.25) is 4.79 Å². The number of aromatic carboxylic acids is 1. The number of anilines is 1. The molecule has 1 aliphatic heterocycles. The minimum Gasteiger partial charge on any atom is -0.491 e. The van der Waals surface area contributed by atoms with Crippen LogP contribution < -0.4 is 14.8 Å². The van der Waals surface area contributed by atoms with Crippen molar-refractivity contribution in [2.75, 3.05) is 25.6 Å². The van der Waals surface area contributed by atoms with Crippen LogP contribution in [0.5, 0.6) is 17.2 Å². The number of benzene rings is 3. The minimum absolute atomic E-state index is 0.0142. The molecule has 9 heteroatoms. The zero-order valence-corrected chi connectivity index (χ0v) is 21.1. The summed E-state index contributed by atoms with van der Waals surface area (Å²) in [6, 6.07) is 20.6. The second-order valence-electron chi connectivity index (χ2n) is 8.92. The molecule has 4 rings (SSSR count). The van der Waals surface area contributed by atoms with Crippen LogP contribution in [-0.2, 0) is 16.0 Å². The molecule has 2 amide bonds. The van der Waals surface area contributed by atoms with Crippen LogP contribution in [0.4, 0.5) is 10.5 Å². The first-order valence-electron chi connectivity index (χ1n) is 12.4. The molecule has 1 aliphatic rings. The third-order valence-corrected chi connectivity index (χ3v) is 6.26. The zero-order valence-electron chi connectivity index (χ0n) is 21.1. The van der Waals surface area contributed by atoms with Gasteiger partial charge in [-0.2, -0.15) is 0 Å². The number of hydrogen-bond donors (Lipinski definition) is 2. The number of carboxylic acid groups (broad SMARTS) is 1. The highest BCUT2D eigenvalue weighted by Gasteiger charge is 2.27. The molecule has 198 valence electrons. The van der Waals surface area contributed by atoms with Crippen LogP contribution in [0.25, 0.3) is 0 Å². The molecule has 1 unspecified atom stereocenters. The van der Waals surface area contributed by atoms with Gasteiger partial charge in [0.1, 0.15) is 23.9 Å². The molecule has 0 aromatic heterocycles. The van der Waals surface area contributed by atoms with Gasteiger partial charge in [0.05, 0.1) is 30.8 Å². The Labute approximate surface area is 220 Å². The number of carbonyl (C=O) groups is 3. The fraction of sp³-hybridized carbons (Fsp3) is 0.276. The molecule has 1 heterocycles. The van der Waals surface area contributed by atoms with Gasteiger partial charge in [-0.15, -0.1) is 0 Å². The van der Waals surface area contributed by atoms with Crippen LogP contribution >= 0.6 is 0 Å². The van der Waals surface area contributed by atoms with Gasteiger partial charge < -0.3 is 29.5 Å². The molecule has 38 heavy (non-hydrogen) atoms. The average Bonchev–Trinajstić information content (AvgIpc) is 2.93. The predicted molar refractivity (Wildman–Crippen MR) is 141 cm³/mol. The number of rotatable bonds is 9. The molecule has 0 aliphatic carbocycles. The van der Waals surface area contributed by atoms with E-state index in [-0.39, 0.29) is 35.7 Å². The maximum Gasteiger partial charge on any atom is 0.409 e. The maximum atomic E-state index is 12.4. The number of carbonyl (C=O) groups excluding carboxylic acids is 2. The van der Waals surface area contributed by atoms with Crippen molar-refractivity contribution >= 4 is 23.7 Å². The topological polar surface area (TPSA) is 114 Å². The van der Waals surface area contributed by atoms with Gasteiger partial charge in [0, 0.05) is 6.54 Å². The van der Waals surface area contributed by atoms with Crippen molar-refractivity contribution in [3.05, 3.63) is 83.9 Å². The number of hydrogen-bond acceptors (Lipinski definition) is 6. The van der Waals surface area contributed by atoms with Crippen molar-refractivity contribution in [1.29, 1.82) is 0 Å². The third-order valence-electron chi connectivity index (χ3n) is 6.26. The Morgan fingerprint density at radius 3 is 2.26 bits per heavy atom. The second-order valence-corrected chi connectivity index (χ2v) is 8.92. The molecule has 0 spiro atoms. The summed E-state index contributed by atoms with van der Waals surface area (Å²) in [4.78, 5) is 37.4.